The second-order valence-corrected chi connectivity index (χ2v) is 6.42. The van der Waals surface area contributed by atoms with E-state index in [0.29, 0.717) is 26.1 Å². The molecule has 0 saturated heterocycles. The van der Waals surface area contributed by atoms with Crippen molar-refractivity contribution in [3.8, 4) is 0 Å². The average Bonchev–Trinajstić information content (AvgIpc) is 2.62. The van der Waals surface area contributed by atoms with Gasteiger partial charge in [0, 0.05) is 13.2 Å². The van der Waals surface area contributed by atoms with Crippen LogP contribution >= 0.6 is 0 Å². The zero-order valence-corrected chi connectivity index (χ0v) is 18.4. The molecule has 0 aliphatic rings. The van der Waals surface area contributed by atoms with Gasteiger partial charge in [-0.15, -0.1) is 0 Å². The lowest BCUT2D eigenvalue weighted by molar-refractivity contribution is -0.208. The van der Waals surface area contributed by atoms with Crippen LogP contribution in [0, 0.1) is 0 Å². The predicted molar refractivity (Wildman–Crippen MR) is 108 cm³/mol. The fourth-order valence-electron chi connectivity index (χ4n) is 1.38. The van der Waals surface area contributed by atoms with Crippen LogP contribution in [0.1, 0.15) is 80.1 Å². The standard InChI is InChI=1S/C8H18O.2C6H14O3/c1-3-5-7-9-8-6-4-2;1-5(7)3-9-4-6(2)8;1-3-5(7)9-6(8)4-2/h3-8H2,1-2H3;2*5-8H,3-4H2,1-2H3. The molecule has 0 amide bonds. The molecule has 0 rings (SSSR count). The maximum absolute atomic E-state index is 8.78. The minimum atomic E-state index is -0.819. The number of aliphatic hydroxyl groups excluding tert-OH is 4. The molecule has 0 saturated carbocycles. The number of aliphatic hydroxyl groups is 4. The van der Waals surface area contributed by atoms with Crippen molar-refractivity contribution in [3.63, 3.8) is 0 Å². The van der Waals surface area contributed by atoms with Crippen molar-refractivity contribution in [2.75, 3.05) is 26.4 Å². The third kappa shape index (κ3) is 37.2. The summed E-state index contributed by atoms with van der Waals surface area (Å²) >= 11 is 0. The number of rotatable bonds is 14. The van der Waals surface area contributed by atoms with Crippen LogP contribution in [0.25, 0.3) is 0 Å². The van der Waals surface area contributed by atoms with E-state index in [9.17, 15) is 0 Å². The fraction of sp³-hybridized carbons (Fsp3) is 1.00. The molecule has 27 heavy (non-hydrogen) atoms. The summed E-state index contributed by atoms with van der Waals surface area (Å²) in [7, 11) is 0. The van der Waals surface area contributed by atoms with Gasteiger partial charge in [-0.05, 0) is 39.5 Å². The second-order valence-electron chi connectivity index (χ2n) is 6.42. The molecule has 0 bridgehead atoms. The Bertz CT molecular complexity index is 228. The quantitative estimate of drug-likeness (QED) is 0.263. The molecule has 4 atom stereocenters. The number of ether oxygens (including phenoxy) is 3. The third-order valence-corrected chi connectivity index (χ3v) is 3.02. The molecule has 0 aromatic rings. The van der Waals surface area contributed by atoms with Gasteiger partial charge < -0.3 is 34.6 Å². The molecular formula is C20H46O7. The van der Waals surface area contributed by atoms with Crippen LogP contribution < -0.4 is 0 Å². The molecule has 0 aliphatic heterocycles. The number of hydrogen-bond donors (Lipinski definition) is 4. The highest BCUT2D eigenvalue weighted by Crippen LogP contribution is 1.99. The van der Waals surface area contributed by atoms with Crippen molar-refractivity contribution in [2.24, 2.45) is 0 Å². The summed E-state index contributed by atoms with van der Waals surface area (Å²) in [5.41, 5.74) is 0. The van der Waals surface area contributed by atoms with Gasteiger partial charge in [-0.3, -0.25) is 0 Å². The normalized spacial score (nSPS) is 14.9. The van der Waals surface area contributed by atoms with Gasteiger partial charge in [0.05, 0.1) is 25.4 Å². The van der Waals surface area contributed by atoms with Crippen LogP contribution in [0.15, 0.2) is 0 Å². The largest absolute Gasteiger partial charge is 0.391 e. The summed E-state index contributed by atoms with van der Waals surface area (Å²) < 4.78 is 14.8. The van der Waals surface area contributed by atoms with Gasteiger partial charge >= 0.3 is 0 Å². The molecule has 4 unspecified atom stereocenters. The fourth-order valence-corrected chi connectivity index (χ4v) is 1.38. The Morgan fingerprint density at radius 3 is 1.26 bits per heavy atom. The molecule has 0 heterocycles. The van der Waals surface area contributed by atoms with Gasteiger partial charge in [0.15, 0.2) is 12.6 Å². The number of hydrogen-bond acceptors (Lipinski definition) is 7. The molecule has 0 fully saturated rings. The Morgan fingerprint density at radius 2 is 1.00 bits per heavy atom. The van der Waals surface area contributed by atoms with E-state index in [2.05, 4.69) is 18.6 Å². The summed E-state index contributed by atoms with van der Waals surface area (Å²) in [6, 6.07) is 0. The van der Waals surface area contributed by atoms with Crippen molar-refractivity contribution < 1.29 is 34.6 Å². The van der Waals surface area contributed by atoms with E-state index in [1.54, 1.807) is 27.7 Å². The summed E-state index contributed by atoms with van der Waals surface area (Å²) in [4.78, 5) is 0. The Kier molecular flexibility index (Phi) is 29.9. The summed E-state index contributed by atoms with van der Waals surface area (Å²) in [5.74, 6) is 0. The SMILES string of the molecule is CC(O)COCC(C)O.CCC(O)OC(O)CC.CCCCOCCCC. The highest BCUT2D eigenvalue weighted by atomic mass is 16.7. The minimum absolute atomic E-state index is 0.297. The lowest BCUT2D eigenvalue weighted by atomic mass is 10.3. The van der Waals surface area contributed by atoms with E-state index in [0.717, 1.165) is 13.2 Å². The maximum atomic E-state index is 8.78. The summed E-state index contributed by atoms with van der Waals surface area (Å²) in [6.45, 7) is 13.7. The highest BCUT2D eigenvalue weighted by molar-refractivity contribution is 4.45. The van der Waals surface area contributed by atoms with Crippen LogP contribution in [-0.4, -0.2) is 71.6 Å². The van der Waals surface area contributed by atoms with E-state index in [-0.39, 0.29) is 0 Å². The first-order chi connectivity index (χ1) is 12.7. The van der Waals surface area contributed by atoms with E-state index in [1.807, 2.05) is 0 Å². The summed E-state index contributed by atoms with van der Waals surface area (Å²) in [6.07, 6.45) is 3.41. The van der Waals surface area contributed by atoms with Crippen LogP contribution in [0.2, 0.25) is 0 Å². The molecule has 0 aromatic heterocycles. The molecule has 0 aromatic carbocycles. The Morgan fingerprint density at radius 1 is 0.630 bits per heavy atom. The van der Waals surface area contributed by atoms with Gasteiger partial charge in [-0.2, -0.15) is 0 Å². The summed E-state index contributed by atoms with van der Waals surface area (Å²) in [5, 5.41) is 34.9. The monoisotopic (exact) mass is 398 g/mol. The van der Waals surface area contributed by atoms with Crippen LogP contribution in [0.5, 0.6) is 0 Å². The van der Waals surface area contributed by atoms with Crippen molar-refractivity contribution >= 4 is 0 Å². The first-order valence-electron chi connectivity index (χ1n) is 10.3. The van der Waals surface area contributed by atoms with Gasteiger partial charge in [-0.1, -0.05) is 40.5 Å². The molecule has 0 radical (unpaired) electrons. The Balaban J connectivity index is -0.000000320. The lowest BCUT2D eigenvalue weighted by Gasteiger charge is -2.13. The minimum Gasteiger partial charge on any atom is -0.391 e. The first kappa shape index (κ1) is 31.4. The molecule has 7 heteroatoms. The molecule has 0 spiro atoms. The Labute approximate surface area is 166 Å². The average molecular weight is 399 g/mol. The molecule has 4 N–H and O–H groups in total. The van der Waals surface area contributed by atoms with Gasteiger partial charge in [0.25, 0.3) is 0 Å². The second kappa shape index (κ2) is 25.7. The van der Waals surface area contributed by atoms with Crippen molar-refractivity contribution in [2.45, 2.75) is 105 Å². The van der Waals surface area contributed by atoms with E-state index in [1.165, 1.54) is 25.7 Å². The van der Waals surface area contributed by atoms with Crippen molar-refractivity contribution in [3.05, 3.63) is 0 Å². The van der Waals surface area contributed by atoms with Crippen LogP contribution in [0.3, 0.4) is 0 Å². The van der Waals surface area contributed by atoms with Gasteiger partial charge in [-0.25, -0.2) is 0 Å². The topological polar surface area (TPSA) is 109 Å². The van der Waals surface area contributed by atoms with Crippen molar-refractivity contribution in [1.82, 2.24) is 0 Å². The zero-order chi connectivity index (χ0) is 21.5. The molecule has 168 valence electrons. The van der Waals surface area contributed by atoms with E-state index in [4.69, 9.17) is 29.9 Å². The highest BCUT2D eigenvalue weighted by Gasteiger charge is 2.05. The number of unbranched alkanes of at least 4 members (excludes halogenated alkanes) is 2. The van der Waals surface area contributed by atoms with Crippen LogP contribution in [0.4, 0.5) is 0 Å². The zero-order valence-electron chi connectivity index (χ0n) is 18.4. The third-order valence-electron chi connectivity index (χ3n) is 3.02. The molecule has 0 aliphatic carbocycles. The molecule has 7 nitrogen and oxygen atoms in total. The van der Waals surface area contributed by atoms with Crippen LogP contribution in [-0.2, 0) is 14.2 Å². The lowest BCUT2D eigenvalue weighted by Crippen LogP contribution is -2.19. The van der Waals surface area contributed by atoms with E-state index < -0.39 is 24.8 Å². The van der Waals surface area contributed by atoms with E-state index >= 15 is 0 Å². The van der Waals surface area contributed by atoms with Gasteiger partial charge in [0.1, 0.15) is 0 Å². The predicted octanol–water partition coefficient (Wildman–Crippen LogP) is 2.83. The first-order valence-corrected chi connectivity index (χ1v) is 10.3. The molecular weight excluding hydrogens is 352 g/mol. The Hall–Kier alpha value is -0.280. The van der Waals surface area contributed by atoms with Crippen molar-refractivity contribution in [1.29, 1.82) is 0 Å². The smallest absolute Gasteiger partial charge is 0.157 e. The maximum Gasteiger partial charge on any atom is 0.157 e. The van der Waals surface area contributed by atoms with Gasteiger partial charge in [0.2, 0.25) is 0 Å².